The predicted molar refractivity (Wildman–Crippen MR) is 59.1 cm³/mol. The van der Waals surface area contributed by atoms with Crippen molar-refractivity contribution in [3.05, 3.63) is 35.9 Å². The Balaban J connectivity index is 2.41. The van der Waals surface area contributed by atoms with E-state index in [0.29, 0.717) is 6.42 Å². The first-order valence-electron chi connectivity index (χ1n) is 4.57. The lowest BCUT2D eigenvalue weighted by molar-refractivity contribution is 0.180. The zero-order chi connectivity index (χ0) is 12.9. The molecule has 0 saturated heterocycles. The van der Waals surface area contributed by atoms with Crippen LogP contribution in [0, 0.1) is 0 Å². The van der Waals surface area contributed by atoms with Gasteiger partial charge in [0.05, 0.1) is 6.61 Å². The Bertz CT molecular complexity index is 440. The highest BCUT2D eigenvalue weighted by Crippen LogP contribution is 2.57. The van der Waals surface area contributed by atoms with E-state index in [9.17, 15) is 9.13 Å². The summed E-state index contributed by atoms with van der Waals surface area (Å²) in [6, 6.07) is 8.98. The van der Waals surface area contributed by atoms with E-state index in [1.165, 1.54) is 0 Å². The van der Waals surface area contributed by atoms with Crippen LogP contribution in [0.15, 0.2) is 30.3 Å². The minimum absolute atomic E-state index is 0.183. The first-order valence-corrected chi connectivity index (χ1v) is 7.59. The van der Waals surface area contributed by atoms with Gasteiger partial charge in [-0.15, -0.1) is 0 Å². The largest absolute Gasteiger partial charge is 0.481 e. The van der Waals surface area contributed by atoms with Gasteiger partial charge in [0.25, 0.3) is 0 Å². The second-order valence-electron chi connectivity index (χ2n) is 3.11. The molecule has 0 heterocycles. The molecule has 0 radical (unpaired) electrons. The lowest BCUT2D eigenvalue weighted by Gasteiger charge is -2.12. The average Bonchev–Trinajstić information content (AvgIpc) is 2.15. The molecule has 0 aliphatic rings. The Labute approximate surface area is 97.9 Å². The highest BCUT2D eigenvalue weighted by Gasteiger charge is 2.31. The van der Waals surface area contributed by atoms with Gasteiger partial charge in [-0.3, -0.25) is 4.52 Å². The van der Waals surface area contributed by atoms with E-state index in [1.54, 1.807) is 24.3 Å². The molecule has 1 atom stereocenters. The third-order valence-corrected chi connectivity index (χ3v) is 3.88. The topological polar surface area (TPSA) is 113 Å². The summed E-state index contributed by atoms with van der Waals surface area (Å²) < 4.78 is 29.4. The summed E-state index contributed by atoms with van der Waals surface area (Å²) in [6.45, 7) is -0.183. The molecule has 1 aromatic rings. The van der Waals surface area contributed by atoms with Gasteiger partial charge in [-0.1, -0.05) is 30.3 Å². The molecule has 7 nitrogen and oxygen atoms in total. The van der Waals surface area contributed by atoms with Crippen LogP contribution in [0.5, 0.6) is 0 Å². The zero-order valence-corrected chi connectivity index (χ0v) is 10.5. The SMILES string of the molecule is O=P(O)(O)OP(=O)(O)OCCc1ccccc1. The van der Waals surface area contributed by atoms with E-state index in [2.05, 4.69) is 8.83 Å². The van der Waals surface area contributed by atoms with Gasteiger partial charge < -0.3 is 14.7 Å². The molecule has 0 fully saturated rings. The van der Waals surface area contributed by atoms with Crippen LogP contribution in [0.25, 0.3) is 0 Å². The number of phosphoric acid groups is 2. The minimum Gasteiger partial charge on any atom is -0.302 e. The molecule has 0 aliphatic carbocycles. The van der Waals surface area contributed by atoms with Gasteiger partial charge in [0.1, 0.15) is 0 Å². The Kier molecular flexibility index (Phi) is 5.04. The van der Waals surface area contributed by atoms with E-state index in [4.69, 9.17) is 14.7 Å². The van der Waals surface area contributed by atoms with Gasteiger partial charge in [0.2, 0.25) is 0 Å². The number of hydrogen-bond donors (Lipinski definition) is 3. The minimum atomic E-state index is -5.04. The van der Waals surface area contributed by atoms with E-state index in [-0.39, 0.29) is 6.61 Å². The molecule has 17 heavy (non-hydrogen) atoms. The summed E-state index contributed by atoms with van der Waals surface area (Å²) in [7, 11) is -9.75. The number of benzene rings is 1. The van der Waals surface area contributed by atoms with Crippen LogP contribution in [0.4, 0.5) is 0 Å². The third kappa shape index (κ3) is 6.71. The van der Waals surface area contributed by atoms with Gasteiger partial charge in [0.15, 0.2) is 0 Å². The Morgan fingerprint density at radius 3 is 2.18 bits per heavy atom. The summed E-state index contributed by atoms with van der Waals surface area (Å²) in [4.78, 5) is 25.6. The highest BCUT2D eigenvalue weighted by atomic mass is 31.3. The molecule has 0 bridgehead atoms. The van der Waals surface area contributed by atoms with Gasteiger partial charge in [-0.2, -0.15) is 4.31 Å². The van der Waals surface area contributed by atoms with Crippen LogP contribution in [0.1, 0.15) is 5.56 Å². The van der Waals surface area contributed by atoms with E-state index < -0.39 is 15.6 Å². The normalized spacial score (nSPS) is 15.5. The summed E-state index contributed by atoms with van der Waals surface area (Å²) in [5.41, 5.74) is 0.865. The van der Waals surface area contributed by atoms with E-state index >= 15 is 0 Å². The Hall–Kier alpha value is -0.520. The monoisotopic (exact) mass is 282 g/mol. The van der Waals surface area contributed by atoms with Crippen molar-refractivity contribution in [2.24, 2.45) is 0 Å². The molecule has 3 N–H and O–H groups in total. The van der Waals surface area contributed by atoms with Crippen molar-refractivity contribution in [1.82, 2.24) is 0 Å². The van der Waals surface area contributed by atoms with Gasteiger partial charge in [-0.05, 0) is 12.0 Å². The van der Waals surface area contributed by atoms with Crippen LogP contribution in [0.3, 0.4) is 0 Å². The molecule has 0 spiro atoms. The maximum atomic E-state index is 11.0. The van der Waals surface area contributed by atoms with Crippen molar-refractivity contribution in [3.63, 3.8) is 0 Å². The lowest BCUT2D eigenvalue weighted by Crippen LogP contribution is -1.99. The fraction of sp³-hybridized carbons (Fsp3) is 0.250. The molecule has 0 aliphatic heterocycles. The molecule has 96 valence electrons. The first kappa shape index (κ1) is 14.5. The molecule has 1 aromatic carbocycles. The number of phosphoric ester groups is 1. The van der Waals surface area contributed by atoms with Gasteiger partial charge >= 0.3 is 15.6 Å². The third-order valence-electron chi connectivity index (χ3n) is 1.70. The predicted octanol–water partition coefficient (Wildman–Crippen LogP) is 1.46. The average molecular weight is 282 g/mol. The van der Waals surface area contributed by atoms with Gasteiger partial charge in [0, 0.05) is 0 Å². The second kappa shape index (κ2) is 5.89. The number of rotatable bonds is 6. The van der Waals surface area contributed by atoms with Crippen molar-refractivity contribution in [1.29, 1.82) is 0 Å². The summed E-state index contributed by atoms with van der Waals surface area (Å²) >= 11 is 0. The zero-order valence-electron chi connectivity index (χ0n) is 8.67. The van der Waals surface area contributed by atoms with Crippen molar-refractivity contribution >= 4 is 15.6 Å². The molecule has 0 saturated carbocycles. The van der Waals surface area contributed by atoms with Crippen LogP contribution < -0.4 is 0 Å². The van der Waals surface area contributed by atoms with Crippen molar-refractivity contribution in [3.8, 4) is 0 Å². The van der Waals surface area contributed by atoms with Crippen molar-refractivity contribution < 1.29 is 32.6 Å². The molecule has 1 unspecified atom stereocenters. The lowest BCUT2D eigenvalue weighted by atomic mass is 10.2. The van der Waals surface area contributed by atoms with Gasteiger partial charge in [-0.25, -0.2) is 9.13 Å². The van der Waals surface area contributed by atoms with Crippen LogP contribution in [-0.2, 0) is 24.4 Å². The molecular formula is C8H12O7P2. The number of hydrogen-bond acceptors (Lipinski definition) is 4. The Morgan fingerprint density at radius 1 is 1.06 bits per heavy atom. The van der Waals surface area contributed by atoms with Crippen molar-refractivity contribution in [2.45, 2.75) is 6.42 Å². The van der Waals surface area contributed by atoms with Crippen LogP contribution >= 0.6 is 15.6 Å². The molecule has 1 rings (SSSR count). The quantitative estimate of drug-likeness (QED) is 0.677. The van der Waals surface area contributed by atoms with Crippen molar-refractivity contribution in [2.75, 3.05) is 6.61 Å². The molecule has 0 aromatic heterocycles. The second-order valence-corrected chi connectivity index (χ2v) is 5.94. The molecular weight excluding hydrogens is 270 g/mol. The smallest absolute Gasteiger partial charge is 0.302 e. The Morgan fingerprint density at radius 2 is 1.65 bits per heavy atom. The van der Waals surface area contributed by atoms with Crippen LogP contribution in [-0.4, -0.2) is 21.3 Å². The van der Waals surface area contributed by atoms with E-state index in [1.807, 2.05) is 6.07 Å². The molecule has 0 amide bonds. The van der Waals surface area contributed by atoms with E-state index in [0.717, 1.165) is 5.56 Å². The maximum absolute atomic E-state index is 11.0. The first-order chi connectivity index (χ1) is 7.79. The van der Waals surface area contributed by atoms with Crippen LogP contribution in [0.2, 0.25) is 0 Å². The summed E-state index contributed by atoms with van der Waals surface area (Å²) in [6.07, 6.45) is 0.329. The fourth-order valence-corrected chi connectivity index (χ4v) is 2.67. The standard InChI is InChI=1S/C8H12O7P2/c9-16(10,11)15-17(12,13)14-7-6-8-4-2-1-3-5-8/h1-5H,6-7H2,(H,12,13)(H2,9,10,11). The molecule has 9 heteroatoms. The highest BCUT2D eigenvalue weighted by molar-refractivity contribution is 7.60. The fourth-order valence-electron chi connectivity index (χ4n) is 1.08. The maximum Gasteiger partial charge on any atom is 0.481 e. The summed E-state index contributed by atoms with van der Waals surface area (Å²) in [5, 5.41) is 0. The summed E-state index contributed by atoms with van der Waals surface area (Å²) in [5.74, 6) is 0.